The van der Waals surface area contributed by atoms with Crippen LogP contribution in [0.1, 0.15) is 12.8 Å². The summed E-state index contributed by atoms with van der Waals surface area (Å²) in [6.45, 7) is 2.06. The zero-order valence-electron chi connectivity index (χ0n) is 11.8. The minimum atomic E-state index is -4.03. The molecule has 1 aromatic rings. The van der Waals surface area contributed by atoms with Crippen molar-refractivity contribution in [3.8, 4) is 0 Å². The minimum Gasteiger partial charge on any atom is -0.394 e. The summed E-state index contributed by atoms with van der Waals surface area (Å²) in [4.78, 5) is 1.56. The lowest BCUT2D eigenvalue weighted by molar-refractivity contribution is 0.220. The van der Waals surface area contributed by atoms with Gasteiger partial charge in [0.15, 0.2) is 5.82 Å². The van der Waals surface area contributed by atoms with E-state index in [9.17, 15) is 17.2 Å². The Balaban J connectivity index is 2.07. The van der Waals surface area contributed by atoms with Crippen molar-refractivity contribution in [1.82, 2.24) is 9.62 Å². The molecule has 0 aromatic heterocycles. The van der Waals surface area contributed by atoms with E-state index in [1.807, 2.05) is 7.05 Å². The fourth-order valence-electron chi connectivity index (χ4n) is 2.33. The third kappa shape index (κ3) is 3.69. The van der Waals surface area contributed by atoms with Gasteiger partial charge in [-0.3, -0.25) is 0 Å². The van der Waals surface area contributed by atoms with E-state index in [2.05, 4.69) is 9.62 Å². The molecule has 0 amide bonds. The van der Waals surface area contributed by atoms with Crippen LogP contribution < -0.4 is 10.5 Å². The van der Waals surface area contributed by atoms with Crippen molar-refractivity contribution in [3.05, 3.63) is 23.8 Å². The average Bonchev–Trinajstić information content (AvgIpc) is 2.44. The normalized spacial score (nSPS) is 18.0. The van der Waals surface area contributed by atoms with Crippen LogP contribution in [-0.4, -0.2) is 40.0 Å². The Hall–Kier alpha value is -1.25. The Morgan fingerprint density at radius 1 is 1.33 bits per heavy atom. The molecule has 1 heterocycles. The predicted octanol–water partition coefficient (Wildman–Crippen LogP) is 1.17. The lowest BCUT2D eigenvalue weighted by Crippen LogP contribution is -2.37. The topological polar surface area (TPSA) is 75.4 Å². The van der Waals surface area contributed by atoms with Gasteiger partial charge < -0.3 is 10.6 Å². The van der Waals surface area contributed by atoms with Crippen LogP contribution >= 0.6 is 0 Å². The van der Waals surface area contributed by atoms with Gasteiger partial charge in [-0.15, -0.1) is 0 Å². The predicted molar refractivity (Wildman–Crippen MR) is 76.2 cm³/mol. The van der Waals surface area contributed by atoms with Crippen LogP contribution in [0.2, 0.25) is 0 Å². The van der Waals surface area contributed by atoms with E-state index in [1.165, 1.54) is 0 Å². The third-order valence-electron chi connectivity index (χ3n) is 3.78. The van der Waals surface area contributed by atoms with Crippen LogP contribution in [0, 0.1) is 17.6 Å². The van der Waals surface area contributed by atoms with Crippen molar-refractivity contribution in [1.29, 1.82) is 0 Å². The first-order valence-electron chi connectivity index (χ1n) is 6.73. The smallest absolute Gasteiger partial charge is 0.243 e. The number of likely N-dealkylation sites (tertiary alicyclic amines) is 1. The molecular weight excluding hydrogens is 300 g/mol. The Morgan fingerprint density at radius 3 is 2.57 bits per heavy atom. The molecular formula is C13H19F2N3O2S. The van der Waals surface area contributed by atoms with Gasteiger partial charge in [0.1, 0.15) is 16.4 Å². The molecule has 1 aromatic carbocycles. The van der Waals surface area contributed by atoms with E-state index in [4.69, 9.17) is 5.73 Å². The van der Waals surface area contributed by atoms with Gasteiger partial charge in [0.2, 0.25) is 10.0 Å². The number of nitrogens with one attached hydrogen (secondary N) is 1. The van der Waals surface area contributed by atoms with Crippen molar-refractivity contribution in [2.45, 2.75) is 17.7 Å². The molecule has 5 nitrogen and oxygen atoms in total. The van der Waals surface area contributed by atoms with Gasteiger partial charge in [-0.25, -0.2) is 21.9 Å². The molecule has 1 fully saturated rings. The highest BCUT2D eigenvalue weighted by Crippen LogP contribution is 2.23. The van der Waals surface area contributed by atoms with Crippen molar-refractivity contribution in [2.24, 2.45) is 5.92 Å². The summed E-state index contributed by atoms with van der Waals surface area (Å²) < 4.78 is 53.4. The van der Waals surface area contributed by atoms with Gasteiger partial charge in [0.05, 0.1) is 0 Å². The minimum absolute atomic E-state index is 0.219. The third-order valence-corrected chi connectivity index (χ3v) is 5.22. The monoisotopic (exact) mass is 319 g/mol. The molecule has 3 N–H and O–H groups in total. The maximum absolute atomic E-state index is 13.8. The van der Waals surface area contributed by atoms with E-state index in [0.717, 1.165) is 38.1 Å². The maximum atomic E-state index is 13.8. The van der Waals surface area contributed by atoms with Crippen molar-refractivity contribution in [3.63, 3.8) is 0 Å². The zero-order chi connectivity index (χ0) is 15.6. The molecule has 0 saturated carbocycles. The van der Waals surface area contributed by atoms with Crippen LogP contribution in [0.4, 0.5) is 14.5 Å². The second kappa shape index (κ2) is 6.25. The van der Waals surface area contributed by atoms with Gasteiger partial charge in [-0.05, 0) is 51.0 Å². The summed E-state index contributed by atoms with van der Waals surface area (Å²) >= 11 is 0. The highest BCUT2D eigenvalue weighted by atomic mass is 32.2. The number of sulfonamides is 1. The number of anilines is 1. The SMILES string of the molecule is CN1CCC(CNS(=O)(=O)c2ccc(F)c(N)c2F)CC1. The Morgan fingerprint density at radius 2 is 1.95 bits per heavy atom. The van der Waals surface area contributed by atoms with E-state index in [-0.39, 0.29) is 12.5 Å². The summed E-state index contributed by atoms with van der Waals surface area (Å²) in [5, 5.41) is 0. The first-order chi connectivity index (χ1) is 9.81. The van der Waals surface area contributed by atoms with Crippen molar-refractivity contribution in [2.75, 3.05) is 32.4 Å². The van der Waals surface area contributed by atoms with Crippen molar-refractivity contribution >= 4 is 15.7 Å². The number of rotatable bonds is 4. The number of piperidine rings is 1. The van der Waals surface area contributed by atoms with Gasteiger partial charge in [-0.1, -0.05) is 0 Å². The molecule has 1 aliphatic rings. The first kappa shape index (κ1) is 16.1. The fraction of sp³-hybridized carbons (Fsp3) is 0.538. The standard InChI is InChI=1S/C13H19F2N3O2S/c1-18-6-4-9(5-7-18)8-17-21(19,20)11-3-2-10(14)13(16)12(11)15/h2-3,9,17H,4-8,16H2,1H3. The quantitative estimate of drug-likeness (QED) is 0.817. The van der Waals surface area contributed by atoms with Crippen molar-refractivity contribution < 1.29 is 17.2 Å². The number of nitrogens with two attached hydrogens (primary N) is 1. The van der Waals surface area contributed by atoms with Crippen LogP contribution in [0.15, 0.2) is 17.0 Å². The first-order valence-corrected chi connectivity index (χ1v) is 8.21. The molecule has 118 valence electrons. The molecule has 2 rings (SSSR count). The van der Waals surface area contributed by atoms with Gasteiger partial charge >= 0.3 is 0 Å². The molecule has 8 heteroatoms. The molecule has 1 saturated heterocycles. The highest BCUT2D eigenvalue weighted by molar-refractivity contribution is 7.89. The fourth-order valence-corrected chi connectivity index (χ4v) is 3.53. The number of benzene rings is 1. The molecule has 1 aliphatic heterocycles. The van der Waals surface area contributed by atoms with Gasteiger partial charge in [0, 0.05) is 6.54 Å². The van der Waals surface area contributed by atoms with Gasteiger partial charge in [0.25, 0.3) is 0 Å². The molecule has 0 atom stereocenters. The average molecular weight is 319 g/mol. The summed E-state index contributed by atoms with van der Waals surface area (Å²) in [7, 11) is -2.02. The van der Waals surface area contributed by atoms with E-state index >= 15 is 0 Å². The second-order valence-corrected chi connectivity index (χ2v) is 7.11. The molecule has 0 spiro atoms. The van der Waals surface area contributed by atoms with E-state index in [1.54, 1.807) is 0 Å². The number of hydrogen-bond acceptors (Lipinski definition) is 4. The van der Waals surface area contributed by atoms with Gasteiger partial charge in [-0.2, -0.15) is 0 Å². The number of hydrogen-bond donors (Lipinski definition) is 2. The molecule has 0 unspecified atom stereocenters. The zero-order valence-corrected chi connectivity index (χ0v) is 12.6. The Kier molecular flexibility index (Phi) is 4.80. The van der Waals surface area contributed by atoms with Crippen LogP contribution in [0.25, 0.3) is 0 Å². The molecule has 0 aliphatic carbocycles. The Labute approximate surface area is 123 Å². The van der Waals surface area contributed by atoms with Crippen LogP contribution in [0.5, 0.6) is 0 Å². The van der Waals surface area contributed by atoms with E-state index < -0.39 is 32.2 Å². The summed E-state index contributed by atoms with van der Waals surface area (Å²) in [6.07, 6.45) is 1.76. The largest absolute Gasteiger partial charge is 0.394 e. The maximum Gasteiger partial charge on any atom is 0.243 e. The summed E-state index contributed by atoms with van der Waals surface area (Å²) in [5.41, 5.74) is 4.41. The van der Waals surface area contributed by atoms with Crippen LogP contribution in [-0.2, 0) is 10.0 Å². The lowest BCUT2D eigenvalue weighted by Gasteiger charge is -2.28. The van der Waals surface area contributed by atoms with Crippen LogP contribution in [0.3, 0.4) is 0 Å². The number of nitrogens with zero attached hydrogens (tertiary/aromatic N) is 1. The second-order valence-electron chi connectivity index (χ2n) is 5.37. The summed E-state index contributed by atoms with van der Waals surface area (Å²) in [6, 6.07) is 1.74. The number of halogens is 2. The molecule has 21 heavy (non-hydrogen) atoms. The Bertz CT molecular complexity index is 614. The highest BCUT2D eigenvalue weighted by Gasteiger charge is 2.24. The summed E-state index contributed by atoms with van der Waals surface area (Å²) in [5.74, 6) is -2.00. The molecule has 0 bridgehead atoms. The molecule has 0 radical (unpaired) electrons. The lowest BCUT2D eigenvalue weighted by atomic mass is 9.98. The van der Waals surface area contributed by atoms with E-state index in [0.29, 0.717) is 0 Å². The number of nitrogen functional groups attached to an aromatic ring is 1.